The second kappa shape index (κ2) is 14.3. The summed E-state index contributed by atoms with van der Waals surface area (Å²) < 4.78 is 6.28. The Morgan fingerprint density at radius 3 is 2.24 bits per heavy atom. The molecule has 2 aromatic rings. The first-order chi connectivity index (χ1) is 19.3. The zero-order chi connectivity index (χ0) is 30.3. The molecule has 1 aliphatic carbocycles. The molecule has 0 heterocycles. The number of urea groups is 1. The predicted molar refractivity (Wildman–Crippen MR) is 170 cm³/mol. The van der Waals surface area contributed by atoms with Crippen molar-refractivity contribution in [2.45, 2.75) is 112 Å². The van der Waals surface area contributed by atoms with Gasteiger partial charge in [-0.1, -0.05) is 73.2 Å². The van der Waals surface area contributed by atoms with Gasteiger partial charge in [0.2, 0.25) is 0 Å². The highest BCUT2D eigenvalue weighted by atomic mass is 16.6. The highest BCUT2D eigenvalue weighted by Gasteiger charge is 2.32. The number of ether oxygens (including phenoxy) is 1. The number of hydrogen-bond acceptors (Lipinski definition) is 4. The summed E-state index contributed by atoms with van der Waals surface area (Å²) in [7, 11) is 0. The molecular formula is C35H50N2O4. The maximum atomic E-state index is 13.1. The number of allylic oxidation sites excluding steroid dienone is 4. The van der Waals surface area contributed by atoms with E-state index >= 15 is 0 Å². The standard InChI is InChI=1S/C35H50N2O4/c1-9-10-11-12-19-36-34(40)37-29-21-28(32(33(38)39)41-35(6,7)8)30(27-18-15-23(3)24(4)20-27)25(5)31(29)26-16-13-22(2)14-17-26/h13-14,16-17,20-21,32-33,38-39H,9-12,15,18-19H2,1-8H3,(H2,36,37,40). The number of nitrogens with one attached hydrogen (secondary N) is 2. The van der Waals surface area contributed by atoms with Crippen LogP contribution in [0, 0.1) is 13.8 Å². The Morgan fingerprint density at radius 1 is 0.976 bits per heavy atom. The molecule has 1 atom stereocenters. The van der Waals surface area contributed by atoms with E-state index in [2.05, 4.69) is 75.6 Å². The molecule has 6 heteroatoms. The summed E-state index contributed by atoms with van der Waals surface area (Å²) in [6, 6.07) is 9.88. The average molecular weight is 563 g/mol. The maximum absolute atomic E-state index is 13.1. The topological polar surface area (TPSA) is 90.8 Å². The number of amides is 2. The van der Waals surface area contributed by atoms with E-state index in [-0.39, 0.29) is 6.03 Å². The maximum Gasteiger partial charge on any atom is 0.319 e. The van der Waals surface area contributed by atoms with Gasteiger partial charge in [0.1, 0.15) is 6.10 Å². The SMILES string of the molecule is CCCCCCNC(=O)Nc1cc(C(OC(C)(C)C)C(O)O)c(C2=CC(C)=C(C)CC2)c(C)c1-c1ccc(C)cc1. The molecule has 0 aromatic heterocycles. The number of carbonyl (C=O) groups excluding carboxylic acids is 1. The Bertz CT molecular complexity index is 1270. The number of aryl methyl sites for hydroxylation is 1. The molecule has 3 rings (SSSR count). The monoisotopic (exact) mass is 562 g/mol. The number of aliphatic hydroxyl groups excluding tert-OH is 1. The Morgan fingerprint density at radius 2 is 1.66 bits per heavy atom. The molecule has 0 aliphatic heterocycles. The molecule has 4 N–H and O–H groups in total. The van der Waals surface area contributed by atoms with Crippen molar-refractivity contribution in [2.24, 2.45) is 0 Å². The van der Waals surface area contributed by atoms with Gasteiger partial charge in [-0.15, -0.1) is 0 Å². The largest absolute Gasteiger partial charge is 0.366 e. The smallest absolute Gasteiger partial charge is 0.319 e. The molecule has 6 nitrogen and oxygen atoms in total. The molecule has 0 bridgehead atoms. The molecule has 0 saturated heterocycles. The number of rotatable bonds is 11. The van der Waals surface area contributed by atoms with Gasteiger partial charge in [-0.3, -0.25) is 0 Å². The fraction of sp³-hybridized carbons (Fsp3) is 0.514. The minimum atomic E-state index is -1.75. The lowest BCUT2D eigenvalue weighted by Gasteiger charge is -2.33. The summed E-state index contributed by atoms with van der Waals surface area (Å²) in [6.45, 7) is 16.8. The third kappa shape index (κ3) is 8.78. The number of benzene rings is 2. The molecule has 0 saturated carbocycles. The van der Waals surface area contributed by atoms with E-state index in [0.717, 1.165) is 71.9 Å². The minimum Gasteiger partial charge on any atom is -0.366 e. The van der Waals surface area contributed by atoms with Crippen LogP contribution >= 0.6 is 0 Å². The van der Waals surface area contributed by atoms with Crippen LogP contribution in [0.5, 0.6) is 0 Å². The highest BCUT2D eigenvalue weighted by Crippen LogP contribution is 2.45. The van der Waals surface area contributed by atoms with E-state index in [0.29, 0.717) is 17.8 Å². The van der Waals surface area contributed by atoms with Crippen LogP contribution in [-0.2, 0) is 4.74 Å². The summed E-state index contributed by atoms with van der Waals surface area (Å²) in [6.07, 6.45) is 5.50. The van der Waals surface area contributed by atoms with E-state index in [1.165, 1.54) is 11.1 Å². The van der Waals surface area contributed by atoms with E-state index in [1.54, 1.807) is 0 Å². The first kappa shape index (κ1) is 32.6. The van der Waals surface area contributed by atoms with Crippen molar-refractivity contribution in [2.75, 3.05) is 11.9 Å². The quantitative estimate of drug-likeness (QED) is 0.164. The molecule has 0 fully saturated rings. The molecule has 1 unspecified atom stereocenters. The second-order valence-electron chi connectivity index (χ2n) is 12.4. The van der Waals surface area contributed by atoms with Crippen LogP contribution in [0.2, 0.25) is 0 Å². The molecular weight excluding hydrogens is 512 g/mol. The summed E-state index contributed by atoms with van der Waals surface area (Å²) >= 11 is 0. The van der Waals surface area contributed by atoms with Gasteiger partial charge < -0.3 is 25.6 Å². The van der Waals surface area contributed by atoms with Crippen molar-refractivity contribution >= 4 is 17.3 Å². The van der Waals surface area contributed by atoms with Gasteiger partial charge in [0.25, 0.3) is 0 Å². The van der Waals surface area contributed by atoms with Crippen LogP contribution in [0.25, 0.3) is 16.7 Å². The number of hydrogen-bond donors (Lipinski definition) is 4. The number of carbonyl (C=O) groups is 1. The third-order valence-corrected chi connectivity index (χ3v) is 7.72. The zero-order valence-electron chi connectivity index (χ0n) is 26.3. The van der Waals surface area contributed by atoms with Gasteiger partial charge in [0.05, 0.1) is 11.3 Å². The van der Waals surface area contributed by atoms with Gasteiger partial charge in [-0.2, -0.15) is 0 Å². The van der Waals surface area contributed by atoms with Crippen LogP contribution in [0.15, 0.2) is 47.6 Å². The summed E-state index contributed by atoms with van der Waals surface area (Å²) in [4.78, 5) is 13.1. The van der Waals surface area contributed by atoms with Crippen molar-refractivity contribution in [1.29, 1.82) is 0 Å². The van der Waals surface area contributed by atoms with Crippen LogP contribution < -0.4 is 10.6 Å². The highest BCUT2D eigenvalue weighted by molar-refractivity contribution is 5.97. The fourth-order valence-corrected chi connectivity index (χ4v) is 5.44. The lowest BCUT2D eigenvalue weighted by molar-refractivity contribution is -0.185. The van der Waals surface area contributed by atoms with Gasteiger partial charge in [0, 0.05) is 12.1 Å². The summed E-state index contributed by atoms with van der Waals surface area (Å²) in [5.74, 6) is 0. The summed E-state index contributed by atoms with van der Waals surface area (Å²) in [5.41, 5.74) is 9.28. The van der Waals surface area contributed by atoms with Crippen molar-refractivity contribution in [3.63, 3.8) is 0 Å². The molecule has 2 aromatic carbocycles. The van der Waals surface area contributed by atoms with Crippen LogP contribution in [0.1, 0.15) is 108 Å². The van der Waals surface area contributed by atoms with E-state index in [4.69, 9.17) is 4.74 Å². The molecule has 2 amide bonds. The molecule has 0 radical (unpaired) electrons. The normalized spacial score (nSPS) is 14.8. The number of anilines is 1. The third-order valence-electron chi connectivity index (χ3n) is 7.72. The Kier molecular flexibility index (Phi) is 11.4. The van der Waals surface area contributed by atoms with E-state index < -0.39 is 18.0 Å². The molecule has 0 spiro atoms. The van der Waals surface area contributed by atoms with Crippen molar-refractivity contribution in [3.8, 4) is 11.1 Å². The van der Waals surface area contributed by atoms with Gasteiger partial charge >= 0.3 is 6.03 Å². The Balaban J connectivity index is 2.24. The van der Waals surface area contributed by atoms with Crippen molar-refractivity contribution < 1.29 is 19.7 Å². The minimum absolute atomic E-state index is 0.280. The van der Waals surface area contributed by atoms with E-state index in [9.17, 15) is 15.0 Å². The number of unbranched alkanes of at least 4 members (excludes halogenated alkanes) is 3. The molecule has 224 valence electrons. The van der Waals surface area contributed by atoms with Gasteiger partial charge in [-0.25, -0.2) is 4.79 Å². The Hall–Kier alpha value is -2.93. The molecule has 41 heavy (non-hydrogen) atoms. The molecule has 1 aliphatic rings. The lowest BCUT2D eigenvalue weighted by Crippen LogP contribution is -2.32. The average Bonchev–Trinajstić information content (AvgIpc) is 2.89. The summed E-state index contributed by atoms with van der Waals surface area (Å²) in [5, 5.41) is 27.3. The predicted octanol–water partition coefficient (Wildman–Crippen LogP) is 8.35. The van der Waals surface area contributed by atoms with Crippen LogP contribution in [0.4, 0.5) is 10.5 Å². The Labute approximate surface area is 246 Å². The first-order valence-electron chi connectivity index (χ1n) is 15.0. The van der Waals surface area contributed by atoms with E-state index in [1.807, 2.05) is 26.8 Å². The van der Waals surface area contributed by atoms with Crippen LogP contribution in [-0.4, -0.2) is 34.7 Å². The van der Waals surface area contributed by atoms with Gasteiger partial charge in [-0.05, 0) is 102 Å². The first-order valence-corrected chi connectivity index (χ1v) is 15.0. The van der Waals surface area contributed by atoms with Crippen LogP contribution in [0.3, 0.4) is 0 Å². The number of aliphatic hydroxyl groups is 2. The van der Waals surface area contributed by atoms with Crippen molar-refractivity contribution in [1.82, 2.24) is 5.32 Å². The second-order valence-corrected chi connectivity index (χ2v) is 12.4. The van der Waals surface area contributed by atoms with Gasteiger partial charge in [0.15, 0.2) is 6.29 Å². The van der Waals surface area contributed by atoms with Crippen molar-refractivity contribution in [3.05, 3.63) is 69.8 Å². The zero-order valence-corrected chi connectivity index (χ0v) is 26.3. The lowest BCUT2D eigenvalue weighted by atomic mass is 9.81. The fourth-order valence-electron chi connectivity index (χ4n) is 5.44.